The largest absolute Gasteiger partial charge is 0.462 e. The average Bonchev–Trinajstić information content (AvgIpc) is 2.73. The van der Waals surface area contributed by atoms with Gasteiger partial charge in [-0.2, -0.15) is 0 Å². The predicted molar refractivity (Wildman–Crippen MR) is 70.0 cm³/mol. The van der Waals surface area contributed by atoms with Crippen molar-refractivity contribution in [3.8, 4) is 10.6 Å². The number of rotatable bonds is 3. The number of carbonyl (C=O) groups is 1. The quantitative estimate of drug-likeness (QED) is 0.492. The minimum absolute atomic E-state index is 0.327. The first-order chi connectivity index (χ1) is 8.24. The third-order valence-corrected chi connectivity index (χ3v) is 4.95. The van der Waals surface area contributed by atoms with E-state index >= 15 is 0 Å². The van der Waals surface area contributed by atoms with Crippen LogP contribution in [0.2, 0.25) is 0 Å². The van der Waals surface area contributed by atoms with Gasteiger partial charge in [0.1, 0.15) is 15.1 Å². The van der Waals surface area contributed by atoms with Gasteiger partial charge in [-0.25, -0.2) is 4.79 Å². The lowest BCUT2D eigenvalue weighted by Gasteiger charge is -2.01. The van der Waals surface area contributed by atoms with Gasteiger partial charge < -0.3 is 4.74 Å². The zero-order chi connectivity index (χ0) is 12.3. The minimum atomic E-state index is -0.393. The van der Waals surface area contributed by atoms with E-state index in [0.717, 1.165) is 4.88 Å². The van der Waals surface area contributed by atoms with Crippen molar-refractivity contribution in [2.45, 2.75) is 6.92 Å². The molecule has 0 fully saturated rings. The molecule has 0 unspecified atom stereocenters. The summed E-state index contributed by atoms with van der Waals surface area (Å²) in [5, 5.41) is 0. The van der Waals surface area contributed by atoms with Gasteiger partial charge in [-0.3, -0.25) is 9.97 Å². The van der Waals surface area contributed by atoms with Gasteiger partial charge in [0.05, 0.1) is 17.7 Å². The molecule has 0 bridgehead atoms. The van der Waals surface area contributed by atoms with Crippen molar-refractivity contribution in [2.24, 2.45) is 0 Å². The Bertz CT molecular complexity index is 577. The fourth-order valence-electron chi connectivity index (χ4n) is 1.22. The molecule has 17 heavy (non-hydrogen) atoms. The normalized spacial score (nSPS) is 10.2. The highest BCUT2D eigenvalue weighted by atomic mass is 32.9. The van der Waals surface area contributed by atoms with Crippen LogP contribution in [0.5, 0.6) is 0 Å². The Morgan fingerprint density at radius 3 is 2.94 bits per heavy atom. The lowest BCUT2D eigenvalue weighted by Crippen LogP contribution is -2.05. The predicted octanol–water partition coefficient (Wildman–Crippen LogP) is 3.17. The monoisotopic (exact) mass is 284 g/mol. The Morgan fingerprint density at radius 2 is 2.29 bits per heavy atom. The number of hydrogen-bond acceptors (Lipinski definition) is 7. The number of esters is 1. The summed E-state index contributed by atoms with van der Waals surface area (Å²) < 4.78 is 5.52. The van der Waals surface area contributed by atoms with Gasteiger partial charge in [0, 0.05) is 12.4 Å². The second kappa shape index (κ2) is 5.44. The molecule has 0 aliphatic rings. The molecule has 0 aliphatic heterocycles. The highest BCUT2D eigenvalue weighted by Gasteiger charge is 2.19. The topological polar surface area (TPSA) is 52.1 Å². The lowest BCUT2D eigenvalue weighted by atomic mass is 10.2. The van der Waals surface area contributed by atoms with Crippen LogP contribution in [-0.2, 0) is 4.74 Å². The van der Waals surface area contributed by atoms with Crippen molar-refractivity contribution in [1.82, 2.24) is 9.97 Å². The summed E-state index contributed by atoms with van der Waals surface area (Å²) in [5.74, 6) is -0.393. The maximum absolute atomic E-state index is 11.8. The Labute approximate surface area is 110 Å². The number of carbonyl (C=O) groups excluding carboxylic acids is 1. The van der Waals surface area contributed by atoms with Crippen LogP contribution in [0.4, 0.5) is 0 Å². The van der Waals surface area contributed by atoms with Gasteiger partial charge in [-0.05, 0) is 6.92 Å². The molecule has 88 valence electrons. The second-order valence-electron chi connectivity index (χ2n) is 2.97. The number of aromatic nitrogens is 2. The van der Waals surface area contributed by atoms with Crippen LogP contribution >= 0.6 is 32.9 Å². The van der Waals surface area contributed by atoms with Gasteiger partial charge in [0.25, 0.3) is 0 Å². The Hall–Kier alpha value is -1.18. The SMILES string of the molecule is CCOC(=O)c1c(-c2cnccn2)ssc1=S. The van der Waals surface area contributed by atoms with Crippen LogP contribution in [0, 0.1) is 3.82 Å². The van der Waals surface area contributed by atoms with E-state index < -0.39 is 5.97 Å². The van der Waals surface area contributed by atoms with Gasteiger partial charge in [0.2, 0.25) is 0 Å². The summed E-state index contributed by atoms with van der Waals surface area (Å²) >= 11 is 5.14. The van der Waals surface area contributed by atoms with Crippen LogP contribution < -0.4 is 0 Å². The molecule has 2 aromatic heterocycles. The number of nitrogens with zero attached hydrogens (tertiary/aromatic N) is 2. The van der Waals surface area contributed by atoms with Crippen LogP contribution in [0.3, 0.4) is 0 Å². The van der Waals surface area contributed by atoms with Crippen molar-refractivity contribution < 1.29 is 9.53 Å². The molecule has 0 saturated heterocycles. The molecule has 0 N–H and O–H groups in total. The molecule has 0 spiro atoms. The van der Waals surface area contributed by atoms with Crippen molar-refractivity contribution in [2.75, 3.05) is 6.61 Å². The van der Waals surface area contributed by atoms with E-state index in [1.54, 1.807) is 25.5 Å². The standard InChI is InChI=1S/C10H8N2O2S3/c1-2-14-9(13)7-8(16-17-10(7)15)6-5-11-3-4-12-6/h3-5H,2H2,1H3. The van der Waals surface area contributed by atoms with Gasteiger partial charge in [0.15, 0.2) is 0 Å². The van der Waals surface area contributed by atoms with Crippen LogP contribution in [0.1, 0.15) is 17.3 Å². The van der Waals surface area contributed by atoms with Gasteiger partial charge >= 0.3 is 5.97 Å². The summed E-state index contributed by atoms with van der Waals surface area (Å²) in [7, 11) is 2.79. The average molecular weight is 284 g/mol. The molecule has 0 aromatic carbocycles. The van der Waals surface area contributed by atoms with E-state index in [-0.39, 0.29) is 0 Å². The summed E-state index contributed by atoms with van der Waals surface area (Å²) in [4.78, 5) is 20.7. The molecule has 7 heteroatoms. The zero-order valence-electron chi connectivity index (χ0n) is 8.87. The van der Waals surface area contributed by atoms with Crippen molar-refractivity contribution >= 4 is 38.9 Å². The molecule has 0 atom stereocenters. The van der Waals surface area contributed by atoms with Gasteiger partial charge in [-0.15, -0.1) is 0 Å². The second-order valence-corrected chi connectivity index (χ2v) is 5.79. The number of ether oxygens (including phenoxy) is 1. The fraction of sp³-hybridized carbons (Fsp3) is 0.200. The highest BCUT2D eigenvalue weighted by Crippen LogP contribution is 2.33. The van der Waals surface area contributed by atoms with Gasteiger partial charge in [-0.1, -0.05) is 32.9 Å². The minimum Gasteiger partial charge on any atom is -0.462 e. The smallest absolute Gasteiger partial charge is 0.342 e. The molecule has 0 radical (unpaired) electrons. The lowest BCUT2D eigenvalue weighted by molar-refractivity contribution is 0.0527. The Morgan fingerprint density at radius 1 is 1.47 bits per heavy atom. The first kappa shape index (κ1) is 12.3. The van der Waals surface area contributed by atoms with E-state index in [0.29, 0.717) is 21.7 Å². The fourth-order valence-corrected chi connectivity index (χ4v) is 3.96. The van der Waals surface area contributed by atoms with E-state index in [1.807, 2.05) is 0 Å². The maximum atomic E-state index is 11.8. The zero-order valence-corrected chi connectivity index (χ0v) is 11.3. The molecular weight excluding hydrogens is 276 g/mol. The van der Waals surface area contributed by atoms with Crippen molar-refractivity contribution in [1.29, 1.82) is 0 Å². The van der Waals surface area contributed by atoms with Crippen molar-refractivity contribution in [3.05, 3.63) is 28.0 Å². The first-order valence-corrected chi connectivity index (χ1v) is 7.36. The third-order valence-electron chi connectivity index (χ3n) is 1.91. The summed E-state index contributed by atoms with van der Waals surface area (Å²) in [5.41, 5.74) is 1.07. The highest BCUT2D eigenvalue weighted by molar-refractivity contribution is 7.80. The molecular formula is C10H8N2O2S3. The molecule has 0 saturated carbocycles. The van der Waals surface area contributed by atoms with E-state index in [4.69, 9.17) is 17.0 Å². The molecule has 2 rings (SSSR count). The van der Waals surface area contributed by atoms with Crippen LogP contribution in [0.25, 0.3) is 10.6 Å². The van der Waals surface area contributed by atoms with Crippen LogP contribution in [-0.4, -0.2) is 22.5 Å². The molecule has 2 aromatic rings. The molecule has 0 aliphatic carbocycles. The van der Waals surface area contributed by atoms with Crippen LogP contribution in [0.15, 0.2) is 18.6 Å². The van der Waals surface area contributed by atoms with E-state index in [9.17, 15) is 4.79 Å². The maximum Gasteiger partial charge on any atom is 0.342 e. The third kappa shape index (κ3) is 2.56. The summed E-state index contributed by atoms with van der Waals surface area (Å²) in [6.45, 7) is 2.09. The molecule has 2 heterocycles. The molecule has 4 nitrogen and oxygen atoms in total. The summed E-state index contributed by atoms with van der Waals surface area (Å²) in [6.07, 6.45) is 4.77. The molecule has 0 amide bonds. The summed E-state index contributed by atoms with van der Waals surface area (Å²) in [6, 6.07) is 0. The first-order valence-electron chi connectivity index (χ1n) is 4.80. The van der Waals surface area contributed by atoms with E-state index in [2.05, 4.69) is 9.97 Å². The number of hydrogen-bond donors (Lipinski definition) is 0. The van der Waals surface area contributed by atoms with Crippen molar-refractivity contribution in [3.63, 3.8) is 0 Å². The van der Waals surface area contributed by atoms with E-state index in [1.165, 1.54) is 20.7 Å². The Kier molecular flexibility index (Phi) is 3.93. The Balaban J connectivity index is 2.50.